The van der Waals surface area contributed by atoms with Crippen LogP contribution in [0.5, 0.6) is 0 Å². The molecule has 59 heavy (non-hydrogen) atoms. The average Bonchev–Trinajstić information content (AvgIpc) is 3.19. The normalized spacial score (nSPS) is 15.2. The number of nitrogens with zero attached hydrogens (tertiary/aromatic N) is 1. The molecule has 0 aromatic rings. The predicted molar refractivity (Wildman–Crippen MR) is 253 cm³/mol. The molecule has 8 nitrogen and oxygen atoms in total. The summed E-state index contributed by atoms with van der Waals surface area (Å²) >= 11 is 0. The zero-order valence-electron chi connectivity index (χ0n) is 38.2. The number of aliphatic hydroxyl groups excluding tert-OH is 1. The Hall–Kier alpha value is -2.58. The fourth-order valence-corrected chi connectivity index (χ4v) is 6.64. The minimum absolute atomic E-state index is 0.0534. The second-order valence-corrected chi connectivity index (χ2v) is 17.9. The zero-order valence-corrected chi connectivity index (χ0v) is 39.1. The van der Waals surface area contributed by atoms with Crippen LogP contribution in [-0.4, -0.2) is 73.4 Å². The van der Waals surface area contributed by atoms with Crippen LogP contribution in [0.25, 0.3) is 0 Å². The third-order valence-corrected chi connectivity index (χ3v) is 10.5. The van der Waals surface area contributed by atoms with Crippen molar-refractivity contribution < 1.29 is 32.9 Å². The quantitative estimate of drug-likeness (QED) is 0.0246. The molecular formula is C50H88N2O6P+. The van der Waals surface area contributed by atoms with Gasteiger partial charge in [0, 0.05) is 6.42 Å². The van der Waals surface area contributed by atoms with Crippen LogP contribution in [0, 0.1) is 0 Å². The summed E-state index contributed by atoms with van der Waals surface area (Å²) in [5, 5.41) is 13.7. The van der Waals surface area contributed by atoms with Crippen LogP contribution in [0.2, 0.25) is 0 Å². The number of phosphoric ester groups is 1. The van der Waals surface area contributed by atoms with Gasteiger partial charge in [0.2, 0.25) is 5.91 Å². The first-order valence-corrected chi connectivity index (χ1v) is 24.6. The number of carbonyl (C=O) groups excluding carboxylic acids is 1. The molecule has 0 aliphatic carbocycles. The Morgan fingerprint density at radius 3 is 1.49 bits per heavy atom. The van der Waals surface area contributed by atoms with Gasteiger partial charge in [-0.1, -0.05) is 175 Å². The molecule has 0 saturated heterocycles. The van der Waals surface area contributed by atoms with Crippen LogP contribution in [0.4, 0.5) is 0 Å². The molecule has 0 fully saturated rings. The Labute approximate surface area is 362 Å². The number of amides is 1. The van der Waals surface area contributed by atoms with Gasteiger partial charge < -0.3 is 19.8 Å². The number of aliphatic hydroxyl groups is 1. The highest BCUT2D eigenvalue weighted by molar-refractivity contribution is 7.47. The Bertz CT molecular complexity index is 1280. The molecule has 0 aromatic carbocycles. The fourth-order valence-electron chi connectivity index (χ4n) is 5.90. The summed E-state index contributed by atoms with van der Waals surface area (Å²) in [5.41, 5.74) is 0. The van der Waals surface area contributed by atoms with Crippen LogP contribution in [0.1, 0.15) is 162 Å². The number of unbranched alkanes of at least 4 members (excludes halogenated alkanes) is 13. The number of likely N-dealkylation sites (N-methyl/N-ethyl adjacent to an activating group) is 1. The van der Waals surface area contributed by atoms with Crippen LogP contribution >= 0.6 is 7.82 Å². The summed E-state index contributed by atoms with van der Waals surface area (Å²) in [6.45, 7) is 4.61. The summed E-state index contributed by atoms with van der Waals surface area (Å²) in [6.07, 6.45) is 57.8. The number of nitrogens with one attached hydrogen (secondary N) is 1. The molecule has 0 aromatic heterocycles. The maximum Gasteiger partial charge on any atom is 0.472 e. The molecule has 0 aliphatic rings. The summed E-state index contributed by atoms with van der Waals surface area (Å²) in [4.78, 5) is 23.0. The van der Waals surface area contributed by atoms with E-state index in [0.29, 0.717) is 17.4 Å². The zero-order chi connectivity index (χ0) is 43.6. The molecule has 3 unspecified atom stereocenters. The van der Waals surface area contributed by atoms with Crippen molar-refractivity contribution >= 4 is 13.7 Å². The van der Waals surface area contributed by atoms with Crippen molar-refractivity contribution in [2.75, 3.05) is 40.9 Å². The number of phosphoric acid groups is 1. The van der Waals surface area contributed by atoms with E-state index in [9.17, 15) is 19.4 Å². The highest BCUT2D eigenvalue weighted by Gasteiger charge is 2.27. The standard InChI is InChI=1S/C50H87N2O6P/c1-6-8-10-12-14-16-17-18-19-20-21-22-23-24-25-26-27-28-29-30-31-32-33-34-35-36-38-40-42-44-50(54)51-48(47-58-59(55,56)57-46-45-52(3,4)5)49(53)43-41-39-37-15-13-11-9-7-2/h8,10,14,16,18-19,21-22,24-25,27-28,30-31,41,43,48-49,53H,6-7,9,11-13,15,17,20,23,26,29,32-40,42,44-47H2,1-5H3,(H-,51,54,55,56)/p+1/b10-8-,16-14-,19-18-,22-21-,25-24-,28-27-,31-30-,43-41+. The van der Waals surface area contributed by atoms with E-state index in [2.05, 4.69) is 104 Å². The highest BCUT2D eigenvalue weighted by atomic mass is 31.2. The van der Waals surface area contributed by atoms with Crippen LogP contribution in [0.3, 0.4) is 0 Å². The Kier molecular flexibility index (Phi) is 39.0. The second-order valence-electron chi connectivity index (χ2n) is 16.4. The van der Waals surface area contributed by atoms with E-state index in [4.69, 9.17) is 9.05 Å². The molecule has 0 radical (unpaired) electrons. The molecule has 1 amide bonds. The highest BCUT2D eigenvalue weighted by Crippen LogP contribution is 2.43. The topological polar surface area (TPSA) is 105 Å². The number of rotatable bonds is 40. The van der Waals surface area contributed by atoms with Gasteiger partial charge in [-0.25, -0.2) is 4.57 Å². The summed E-state index contributed by atoms with van der Waals surface area (Å²) in [6, 6.07) is -0.856. The van der Waals surface area contributed by atoms with E-state index in [-0.39, 0.29) is 19.1 Å². The van der Waals surface area contributed by atoms with Gasteiger partial charge in [-0.2, -0.15) is 0 Å². The van der Waals surface area contributed by atoms with Crippen molar-refractivity contribution in [2.24, 2.45) is 0 Å². The lowest BCUT2D eigenvalue weighted by Crippen LogP contribution is -2.45. The minimum atomic E-state index is -4.34. The van der Waals surface area contributed by atoms with Gasteiger partial charge in [0.05, 0.1) is 39.9 Å². The number of hydrogen-bond donors (Lipinski definition) is 3. The first-order valence-electron chi connectivity index (χ1n) is 23.1. The molecule has 3 N–H and O–H groups in total. The summed E-state index contributed by atoms with van der Waals surface area (Å²) in [5.74, 6) is -0.198. The minimum Gasteiger partial charge on any atom is -0.387 e. The third kappa shape index (κ3) is 43.3. The molecule has 0 aliphatic heterocycles. The number of hydrogen-bond acceptors (Lipinski definition) is 5. The lowest BCUT2D eigenvalue weighted by molar-refractivity contribution is -0.870. The lowest BCUT2D eigenvalue weighted by atomic mass is 10.1. The van der Waals surface area contributed by atoms with E-state index < -0.39 is 20.0 Å². The van der Waals surface area contributed by atoms with Crippen molar-refractivity contribution in [1.82, 2.24) is 5.32 Å². The second kappa shape index (κ2) is 40.8. The predicted octanol–water partition coefficient (Wildman–Crippen LogP) is 13.1. The van der Waals surface area contributed by atoms with Crippen LogP contribution in [-0.2, 0) is 18.4 Å². The van der Waals surface area contributed by atoms with Gasteiger partial charge in [0.1, 0.15) is 13.2 Å². The van der Waals surface area contributed by atoms with Crippen LogP contribution < -0.4 is 5.32 Å². The van der Waals surface area contributed by atoms with Crippen molar-refractivity contribution in [3.8, 4) is 0 Å². The first kappa shape index (κ1) is 56.4. The molecule has 338 valence electrons. The van der Waals surface area contributed by atoms with E-state index in [1.165, 1.54) is 44.9 Å². The third-order valence-electron chi connectivity index (χ3n) is 9.56. The molecule has 3 atom stereocenters. The number of carbonyl (C=O) groups is 1. The van der Waals surface area contributed by atoms with Crippen molar-refractivity contribution in [2.45, 2.75) is 174 Å². The van der Waals surface area contributed by atoms with Gasteiger partial charge in [-0.05, 0) is 77.0 Å². The Balaban J connectivity index is 4.20. The number of allylic oxidation sites excluding steroid dienone is 15. The number of quaternary nitrogens is 1. The average molecular weight is 844 g/mol. The van der Waals surface area contributed by atoms with Gasteiger partial charge in [-0.3, -0.25) is 13.8 Å². The van der Waals surface area contributed by atoms with E-state index >= 15 is 0 Å². The molecular weight excluding hydrogens is 756 g/mol. The maximum absolute atomic E-state index is 12.8. The monoisotopic (exact) mass is 844 g/mol. The summed E-state index contributed by atoms with van der Waals surface area (Å²) < 4.78 is 23.5. The van der Waals surface area contributed by atoms with E-state index in [1.54, 1.807) is 6.08 Å². The molecule has 0 saturated carbocycles. The molecule has 0 bridgehead atoms. The summed E-state index contributed by atoms with van der Waals surface area (Å²) in [7, 11) is 1.54. The SMILES string of the molecule is CC/C=C\C/C=C\C/C=C\C/C=C\C/C=C\C/C=C\C/C=C\CCCCCCCCCC(=O)NC(COP(=O)(O)OCC[N+](C)(C)C)C(O)/C=C/CCCCCCCC. The van der Waals surface area contributed by atoms with Gasteiger partial charge >= 0.3 is 7.82 Å². The fraction of sp³-hybridized carbons (Fsp3) is 0.660. The Morgan fingerprint density at radius 1 is 0.593 bits per heavy atom. The van der Waals surface area contributed by atoms with Gasteiger partial charge in [-0.15, -0.1) is 0 Å². The van der Waals surface area contributed by atoms with Crippen LogP contribution in [0.15, 0.2) is 97.2 Å². The maximum atomic E-state index is 12.8. The first-order chi connectivity index (χ1) is 28.5. The van der Waals surface area contributed by atoms with Gasteiger partial charge in [0.25, 0.3) is 0 Å². The molecule has 0 rings (SSSR count). The van der Waals surface area contributed by atoms with E-state index in [1.807, 2.05) is 27.2 Å². The van der Waals surface area contributed by atoms with Crippen molar-refractivity contribution in [3.63, 3.8) is 0 Å². The smallest absolute Gasteiger partial charge is 0.387 e. The Morgan fingerprint density at radius 2 is 1.02 bits per heavy atom. The lowest BCUT2D eigenvalue weighted by Gasteiger charge is -2.25. The molecule has 0 spiro atoms. The van der Waals surface area contributed by atoms with Crippen molar-refractivity contribution in [3.05, 3.63) is 97.2 Å². The molecule has 0 heterocycles. The van der Waals surface area contributed by atoms with E-state index in [0.717, 1.165) is 96.3 Å². The largest absolute Gasteiger partial charge is 0.472 e. The van der Waals surface area contributed by atoms with Gasteiger partial charge in [0.15, 0.2) is 0 Å². The van der Waals surface area contributed by atoms with Crippen molar-refractivity contribution in [1.29, 1.82) is 0 Å². The molecule has 9 heteroatoms.